The lowest BCUT2D eigenvalue weighted by Gasteiger charge is -2.31. The summed E-state index contributed by atoms with van der Waals surface area (Å²) in [6.07, 6.45) is 0.239. The number of nitrogens with zero attached hydrogens (tertiary/aromatic N) is 1. The third-order valence-corrected chi connectivity index (χ3v) is 3.64. The molecule has 0 aliphatic carbocycles. The fourth-order valence-electron chi connectivity index (χ4n) is 1.95. The Labute approximate surface area is 116 Å². The normalized spacial score (nSPS) is 13.7. The van der Waals surface area contributed by atoms with Gasteiger partial charge in [0.2, 0.25) is 5.91 Å². The van der Waals surface area contributed by atoms with Crippen LogP contribution in [0.2, 0.25) is 0 Å². The molecule has 0 saturated carbocycles. The number of carbonyl (C=O) groups is 3. The van der Waals surface area contributed by atoms with Crippen LogP contribution < -0.4 is 5.32 Å². The number of hydrogen-bond acceptors (Lipinski definition) is 3. The van der Waals surface area contributed by atoms with Crippen LogP contribution in [0.25, 0.3) is 0 Å². The average molecular weight is 276 g/mol. The molecule has 20 heavy (non-hydrogen) atoms. The summed E-state index contributed by atoms with van der Waals surface area (Å²) < 4.78 is 0. The fraction of sp³-hybridized carbons (Fsp3) is 0.357. The van der Waals surface area contributed by atoms with Crippen molar-refractivity contribution in [2.45, 2.75) is 25.8 Å². The van der Waals surface area contributed by atoms with Crippen molar-refractivity contribution in [2.24, 2.45) is 0 Å². The van der Waals surface area contributed by atoms with E-state index in [9.17, 15) is 14.4 Å². The molecule has 106 valence electrons. The van der Waals surface area contributed by atoms with Crippen LogP contribution in [0.3, 0.4) is 0 Å². The van der Waals surface area contributed by atoms with E-state index in [0.29, 0.717) is 11.3 Å². The topological polar surface area (TPSA) is 86.7 Å². The second-order valence-corrected chi connectivity index (χ2v) is 5.33. The number of benzene rings is 1. The predicted octanol–water partition coefficient (Wildman–Crippen LogP) is 1.12. The molecule has 0 spiro atoms. The lowest BCUT2D eigenvalue weighted by Crippen LogP contribution is -2.50. The number of aliphatic carboxylic acids is 1. The van der Waals surface area contributed by atoms with E-state index < -0.39 is 11.5 Å². The van der Waals surface area contributed by atoms with Crippen LogP contribution in [0, 0.1) is 0 Å². The van der Waals surface area contributed by atoms with Crippen LogP contribution in [0.5, 0.6) is 0 Å². The molecular weight excluding hydrogens is 260 g/mol. The molecule has 2 N–H and O–H groups in total. The molecule has 0 aromatic heterocycles. The Morgan fingerprint density at radius 2 is 2.00 bits per heavy atom. The number of carboxylic acids is 1. The van der Waals surface area contributed by atoms with Crippen LogP contribution in [-0.4, -0.2) is 40.4 Å². The Balaban J connectivity index is 2.29. The first-order chi connectivity index (χ1) is 9.23. The van der Waals surface area contributed by atoms with Gasteiger partial charge in [-0.1, -0.05) is 0 Å². The van der Waals surface area contributed by atoms with E-state index in [1.165, 1.54) is 25.8 Å². The maximum atomic E-state index is 12.3. The van der Waals surface area contributed by atoms with Gasteiger partial charge < -0.3 is 15.3 Å². The SMILES string of the molecule is CN(C(=O)c1ccc2c(c1)CC(=O)N2)C(C)(C)C(=O)O. The molecule has 1 aliphatic rings. The summed E-state index contributed by atoms with van der Waals surface area (Å²) in [5, 5.41) is 11.8. The summed E-state index contributed by atoms with van der Waals surface area (Å²) in [5.41, 5.74) is 0.524. The molecule has 0 fully saturated rings. The van der Waals surface area contributed by atoms with Gasteiger partial charge in [0.25, 0.3) is 5.91 Å². The van der Waals surface area contributed by atoms with Gasteiger partial charge in [0.15, 0.2) is 0 Å². The minimum Gasteiger partial charge on any atom is -0.480 e. The number of fused-ring (bicyclic) bond motifs is 1. The van der Waals surface area contributed by atoms with E-state index >= 15 is 0 Å². The molecule has 0 bridgehead atoms. The van der Waals surface area contributed by atoms with Crippen molar-refractivity contribution in [2.75, 3.05) is 12.4 Å². The summed E-state index contributed by atoms with van der Waals surface area (Å²) in [4.78, 5) is 36.0. The Hall–Kier alpha value is -2.37. The molecule has 1 heterocycles. The van der Waals surface area contributed by atoms with Crippen molar-refractivity contribution < 1.29 is 19.5 Å². The zero-order valence-electron chi connectivity index (χ0n) is 11.6. The third kappa shape index (κ3) is 2.24. The zero-order chi connectivity index (χ0) is 15.1. The second kappa shape index (κ2) is 4.63. The van der Waals surface area contributed by atoms with Crippen molar-refractivity contribution >= 4 is 23.5 Å². The lowest BCUT2D eigenvalue weighted by atomic mass is 10.0. The van der Waals surface area contributed by atoms with E-state index in [-0.39, 0.29) is 18.2 Å². The number of carbonyl (C=O) groups excluding carboxylic acids is 2. The first-order valence-corrected chi connectivity index (χ1v) is 6.18. The second-order valence-electron chi connectivity index (χ2n) is 5.33. The molecule has 1 aromatic carbocycles. The van der Waals surface area contributed by atoms with Crippen LogP contribution >= 0.6 is 0 Å². The van der Waals surface area contributed by atoms with E-state index in [0.717, 1.165) is 5.56 Å². The number of anilines is 1. The molecule has 6 nitrogen and oxygen atoms in total. The molecule has 2 rings (SSSR count). The zero-order valence-corrected chi connectivity index (χ0v) is 11.6. The molecular formula is C14H16N2O4. The summed E-state index contributed by atoms with van der Waals surface area (Å²) >= 11 is 0. The van der Waals surface area contributed by atoms with Gasteiger partial charge in [-0.05, 0) is 37.6 Å². The van der Waals surface area contributed by atoms with Crippen LogP contribution in [0.1, 0.15) is 29.8 Å². The Bertz CT molecular complexity index is 607. The molecule has 6 heteroatoms. The monoisotopic (exact) mass is 276 g/mol. The van der Waals surface area contributed by atoms with Gasteiger partial charge >= 0.3 is 5.97 Å². The Morgan fingerprint density at radius 1 is 1.35 bits per heavy atom. The van der Waals surface area contributed by atoms with Crippen LogP contribution in [0.15, 0.2) is 18.2 Å². The highest BCUT2D eigenvalue weighted by Crippen LogP contribution is 2.25. The highest BCUT2D eigenvalue weighted by Gasteiger charge is 2.35. The van der Waals surface area contributed by atoms with Crippen molar-refractivity contribution in [1.29, 1.82) is 0 Å². The quantitative estimate of drug-likeness (QED) is 0.866. The summed E-state index contributed by atoms with van der Waals surface area (Å²) in [6.45, 7) is 2.93. The van der Waals surface area contributed by atoms with E-state index in [1.807, 2.05) is 0 Å². The van der Waals surface area contributed by atoms with Gasteiger partial charge in [0.1, 0.15) is 5.54 Å². The van der Waals surface area contributed by atoms with Crippen LogP contribution in [0.4, 0.5) is 5.69 Å². The predicted molar refractivity (Wildman–Crippen MR) is 72.6 cm³/mol. The average Bonchev–Trinajstić information content (AvgIpc) is 2.75. The van der Waals surface area contributed by atoms with Crippen molar-refractivity contribution in [3.05, 3.63) is 29.3 Å². The molecule has 2 amide bonds. The smallest absolute Gasteiger partial charge is 0.329 e. The molecule has 0 radical (unpaired) electrons. The highest BCUT2D eigenvalue weighted by molar-refractivity contribution is 6.02. The number of nitrogens with one attached hydrogen (secondary N) is 1. The number of hydrogen-bond donors (Lipinski definition) is 2. The van der Waals surface area contributed by atoms with E-state index in [4.69, 9.17) is 5.11 Å². The van der Waals surface area contributed by atoms with E-state index in [1.54, 1.807) is 18.2 Å². The summed E-state index contributed by atoms with van der Waals surface area (Å²) in [7, 11) is 1.45. The Kier molecular flexibility index (Phi) is 3.25. The first kappa shape index (κ1) is 14.0. The van der Waals surface area contributed by atoms with Gasteiger partial charge in [-0.2, -0.15) is 0 Å². The number of carboxylic acid groups (broad SMARTS) is 1. The van der Waals surface area contributed by atoms with Gasteiger partial charge in [-0.25, -0.2) is 4.79 Å². The summed E-state index contributed by atoms with van der Waals surface area (Å²) in [5.74, 6) is -1.57. The van der Waals surface area contributed by atoms with Crippen molar-refractivity contribution in [1.82, 2.24) is 4.90 Å². The van der Waals surface area contributed by atoms with Gasteiger partial charge in [-0.3, -0.25) is 9.59 Å². The standard InChI is InChI=1S/C14H16N2O4/c1-14(2,13(19)20)16(3)12(18)8-4-5-10-9(6-8)7-11(17)15-10/h4-6H,7H2,1-3H3,(H,15,17)(H,19,20). The summed E-state index contributed by atoms with van der Waals surface area (Å²) in [6, 6.07) is 4.88. The third-order valence-electron chi connectivity index (χ3n) is 3.64. The van der Waals surface area contributed by atoms with Gasteiger partial charge in [0, 0.05) is 18.3 Å². The maximum absolute atomic E-state index is 12.3. The van der Waals surface area contributed by atoms with Gasteiger partial charge in [-0.15, -0.1) is 0 Å². The number of amides is 2. The molecule has 0 unspecified atom stereocenters. The highest BCUT2D eigenvalue weighted by atomic mass is 16.4. The lowest BCUT2D eigenvalue weighted by molar-refractivity contribution is -0.147. The molecule has 0 atom stereocenters. The molecule has 1 aliphatic heterocycles. The fourth-order valence-corrected chi connectivity index (χ4v) is 1.95. The maximum Gasteiger partial charge on any atom is 0.329 e. The Morgan fingerprint density at radius 3 is 2.60 bits per heavy atom. The number of rotatable bonds is 3. The van der Waals surface area contributed by atoms with Crippen molar-refractivity contribution in [3.8, 4) is 0 Å². The van der Waals surface area contributed by atoms with Gasteiger partial charge in [0.05, 0.1) is 6.42 Å². The molecule has 0 saturated heterocycles. The number of likely N-dealkylation sites (N-methyl/N-ethyl adjacent to an activating group) is 1. The van der Waals surface area contributed by atoms with E-state index in [2.05, 4.69) is 5.32 Å². The largest absolute Gasteiger partial charge is 0.480 e. The van der Waals surface area contributed by atoms with Crippen LogP contribution in [-0.2, 0) is 16.0 Å². The first-order valence-electron chi connectivity index (χ1n) is 6.18. The minimum absolute atomic E-state index is 0.108. The van der Waals surface area contributed by atoms with Crippen molar-refractivity contribution in [3.63, 3.8) is 0 Å². The molecule has 1 aromatic rings. The minimum atomic E-state index is -1.30.